The molecule has 1 aliphatic heterocycles. The number of amides is 2. The zero-order valence-corrected chi connectivity index (χ0v) is 17.9. The molecule has 1 heterocycles. The maximum absolute atomic E-state index is 14.4. The minimum absolute atomic E-state index is 0.0262. The molecule has 0 unspecified atom stereocenters. The Morgan fingerprint density at radius 3 is 2.31 bits per heavy atom. The molecule has 5 nitrogen and oxygen atoms in total. The third-order valence-corrected chi connectivity index (χ3v) is 5.11. The van der Waals surface area contributed by atoms with Crippen LogP contribution in [0, 0.1) is 11.7 Å². The van der Waals surface area contributed by atoms with Crippen molar-refractivity contribution in [1.29, 1.82) is 0 Å². The third-order valence-electron chi connectivity index (χ3n) is 4.45. The minimum Gasteiger partial charge on any atom is -0.444 e. The zero-order chi connectivity index (χ0) is 22.0. The smallest absolute Gasteiger partial charge is 0.419 e. The number of carbonyl (C=O) groups excluding carboxylic acids is 2. The summed E-state index contributed by atoms with van der Waals surface area (Å²) in [6.45, 7) is 6.12. The second-order valence-electron chi connectivity index (χ2n) is 7.90. The Morgan fingerprint density at radius 1 is 1.21 bits per heavy atom. The monoisotopic (exact) mass is 482 g/mol. The molecule has 0 aromatic heterocycles. The Kier molecular flexibility index (Phi) is 7.19. The van der Waals surface area contributed by atoms with Crippen LogP contribution in [0.25, 0.3) is 0 Å². The molecule has 0 atom stereocenters. The Morgan fingerprint density at radius 2 is 1.79 bits per heavy atom. The van der Waals surface area contributed by atoms with Gasteiger partial charge in [0.15, 0.2) is 0 Å². The molecule has 1 aromatic rings. The van der Waals surface area contributed by atoms with Crippen molar-refractivity contribution in [1.82, 2.24) is 10.2 Å². The number of rotatable bonds is 3. The summed E-state index contributed by atoms with van der Waals surface area (Å²) in [6, 6.07) is 1.63. The van der Waals surface area contributed by atoms with Crippen molar-refractivity contribution in [3.05, 3.63) is 33.5 Å². The summed E-state index contributed by atoms with van der Waals surface area (Å²) in [7, 11) is 0. The van der Waals surface area contributed by atoms with Gasteiger partial charge in [-0.05, 0) is 67.6 Å². The van der Waals surface area contributed by atoms with Gasteiger partial charge in [0.2, 0.25) is 0 Å². The average Bonchev–Trinajstić information content (AvgIpc) is 2.57. The van der Waals surface area contributed by atoms with Gasteiger partial charge in [0.05, 0.1) is 11.1 Å². The van der Waals surface area contributed by atoms with E-state index in [1.54, 1.807) is 20.8 Å². The number of likely N-dealkylation sites (tertiary alicyclic amines) is 1. The van der Waals surface area contributed by atoms with E-state index in [9.17, 15) is 27.2 Å². The van der Waals surface area contributed by atoms with E-state index in [1.165, 1.54) is 4.90 Å². The standard InChI is InChI=1S/C19H23BrF4N2O3/c1-18(2,3)29-17(28)25-10-11-6-8-26(9-7-11)16(27)14-13(20)5-4-12(15(14)21)19(22,23)24/h4-5,11H,6-10H2,1-3H3,(H,25,28). The quantitative estimate of drug-likeness (QED) is 0.617. The number of alkyl carbamates (subject to hydrolysis) is 1. The molecule has 1 N–H and O–H groups in total. The number of carbonyl (C=O) groups is 2. The number of alkyl halides is 3. The van der Waals surface area contributed by atoms with Crippen LogP contribution in [0.1, 0.15) is 49.5 Å². The topological polar surface area (TPSA) is 58.6 Å². The fraction of sp³-hybridized carbons (Fsp3) is 0.579. The lowest BCUT2D eigenvalue weighted by Gasteiger charge is -2.32. The van der Waals surface area contributed by atoms with E-state index in [1.807, 2.05) is 0 Å². The predicted molar refractivity (Wildman–Crippen MR) is 102 cm³/mol. The maximum atomic E-state index is 14.4. The van der Waals surface area contributed by atoms with E-state index in [-0.39, 0.29) is 23.5 Å². The summed E-state index contributed by atoms with van der Waals surface area (Å²) in [5.41, 5.74) is -2.70. The van der Waals surface area contributed by atoms with Crippen molar-refractivity contribution in [2.45, 2.75) is 45.4 Å². The first-order valence-electron chi connectivity index (χ1n) is 9.11. The van der Waals surface area contributed by atoms with Crippen LogP contribution in [0.2, 0.25) is 0 Å². The lowest BCUT2D eigenvalue weighted by Crippen LogP contribution is -2.42. The van der Waals surface area contributed by atoms with Crippen LogP contribution in [-0.2, 0) is 10.9 Å². The van der Waals surface area contributed by atoms with Gasteiger partial charge in [-0.15, -0.1) is 0 Å². The van der Waals surface area contributed by atoms with Gasteiger partial charge < -0.3 is 15.0 Å². The normalized spacial score (nSPS) is 15.9. The van der Waals surface area contributed by atoms with Crippen LogP contribution in [0.4, 0.5) is 22.4 Å². The molecule has 162 valence electrons. The second kappa shape index (κ2) is 8.89. The number of hydrogen-bond acceptors (Lipinski definition) is 3. The Hall–Kier alpha value is -1.84. The van der Waals surface area contributed by atoms with Crippen LogP contribution in [0.15, 0.2) is 16.6 Å². The molecule has 0 radical (unpaired) electrons. The van der Waals surface area contributed by atoms with Crippen LogP contribution < -0.4 is 5.32 Å². The number of halogens is 5. The molecule has 0 aliphatic carbocycles. The Balaban J connectivity index is 1.98. The van der Waals surface area contributed by atoms with Gasteiger partial charge in [-0.3, -0.25) is 4.79 Å². The van der Waals surface area contributed by atoms with Gasteiger partial charge in [0.1, 0.15) is 11.4 Å². The van der Waals surface area contributed by atoms with Gasteiger partial charge in [0, 0.05) is 24.1 Å². The summed E-state index contributed by atoms with van der Waals surface area (Å²) < 4.78 is 58.4. The van der Waals surface area contributed by atoms with Crippen molar-refractivity contribution in [2.75, 3.05) is 19.6 Å². The Bertz CT molecular complexity index is 770. The number of hydrogen-bond donors (Lipinski definition) is 1. The van der Waals surface area contributed by atoms with E-state index >= 15 is 0 Å². The molecule has 2 amide bonds. The van der Waals surface area contributed by atoms with Gasteiger partial charge in [-0.2, -0.15) is 13.2 Å². The van der Waals surface area contributed by atoms with E-state index in [0.29, 0.717) is 25.5 Å². The molecule has 0 bridgehead atoms. The molecular formula is C19H23BrF4N2O3. The molecule has 1 aromatic carbocycles. The number of ether oxygens (including phenoxy) is 1. The minimum atomic E-state index is -4.89. The fourth-order valence-corrected chi connectivity index (χ4v) is 3.48. The van der Waals surface area contributed by atoms with Crippen LogP contribution in [-0.4, -0.2) is 42.1 Å². The second-order valence-corrected chi connectivity index (χ2v) is 8.75. The van der Waals surface area contributed by atoms with Crippen molar-refractivity contribution in [3.63, 3.8) is 0 Å². The summed E-state index contributed by atoms with van der Waals surface area (Å²) in [5.74, 6) is -2.29. The van der Waals surface area contributed by atoms with E-state index in [2.05, 4.69) is 21.2 Å². The predicted octanol–water partition coefficient (Wildman–Crippen LogP) is 4.98. The summed E-state index contributed by atoms with van der Waals surface area (Å²) in [4.78, 5) is 25.7. The Labute approximate surface area is 174 Å². The van der Waals surface area contributed by atoms with Gasteiger partial charge >= 0.3 is 12.3 Å². The summed E-state index contributed by atoms with van der Waals surface area (Å²) in [5, 5.41) is 2.67. The number of nitrogens with zero attached hydrogens (tertiary/aromatic N) is 1. The molecule has 0 spiro atoms. The van der Waals surface area contributed by atoms with Crippen LogP contribution >= 0.6 is 15.9 Å². The largest absolute Gasteiger partial charge is 0.444 e. The molecule has 10 heteroatoms. The molecule has 0 saturated carbocycles. The highest BCUT2D eigenvalue weighted by Crippen LogP contribution is 2.35. The number of benzene rings is 1. The van der Waals surface area contributed by atoms with Gasteiger partial charge in [0.25, 0.3) is 5.91 Å². The van der Waals surface area contributed by atoms with E-state index in [0.717, 1.165) is 6.07 Å². The first-order valence-corrected chi connectivity index (χ1v) is 9.90. The maximum Gasteiger partial charge on any atom is 0.419 e. The average molecular weight is 483 g/mol. The molecule has 29 heavy (non-hydrogen) atoms. The summed E-state index contributed by atoms with van der Waals surface area (Å²) in [6.07, 6.45) is -4.37. The highest BCUT2D eigenvalue weighted by atomic mass is 79.9. The van der Waals surface area contributed by atoms with Gasteiger partial charge in [-0.1, -0.05) is 0 Å². The van der Waals surface area contributed by atoms with Crippen molar-refractivity contribution < 1.29 is 31.9 Å². The zero-order valence-electron chi connectivity index (χ0n) is 16.3. The van der Waals surface area contributed by atoms with Crippen LogP contribution in [0.5, 0.6) is 0 Å². The third kappa shape index (κ3) is 6.32. The van der Waals surface area contributed by atoms with Crippen molar-refractivity contribution in [3.8, 4) is 0 Å². The SMILES string of the molecule is CC(C)(C)OC(=O)NCC1CCN(C(=O)c2c(Br)ccc(C(F)(F)F)c2F)CC1. The fourth-order valence-electron chi connectivity index (χ4n) is 3.01. The summed E-state index contributed by atoms with van der Waals surface area (Å²) >= 11 is 2.98. The molecule has 2 rings (SSSR count). The molecule has 1 saturated heterocycles. The highest BCUT2D eigenvalue weighted by Gasteiger charge is 2.37. The van der Waals surface area contributed by atoms with E-state index < -0.39 is 40.7 Å². The van der Waals surface area contributed by atoms with E-state index in [4.69, 9.17) is 4.74 Å². The molecular weight excluding hydrogens is 460 g/mol. The van der Waals surface area contributed by atoms with Gasteiger partial charge in [-0.25, -0.2) is 9.18 Å². The van der Waals surface area contributed by atoms with Crippen molar-refractivity contribution >= 4 is 27.9 Å². The lowest BCUT2D eigenvalue weighted by molar-refractivity contribution is -0.140. The molecule has 1 fully saturated rings. The highest BCUT2D eigenvalue weighted by molar-refractivity contribution is 9.10. The first-order chi connectivity index (χ1) is 13.3. The number of piperidine rings is 1. The first kappa shape index (κ1) is 23.4. The number of nitrogens with one attached hydrogen (secondary N) is 1. The van der Waals surface area contributed by atoms with Crippen molar-refractivity contribution in [2.24, 2.45) is 5.92 Å². The lowest BCUT2D eigenvalue weighted by atomic mass is 9.96. The van der Waals surface area contributed by atoms with Crippen LogP contribution in [0.3, 0.4) is 0 Å². The molecule has 1 aliphatic rings.